The summed E-state index contributed by atoms with van der Waals surface area (Å²) >= 11 is 1.10. The SMILES string of the molecule is CC(=O)O[C@H]1[C@H](O[C@@H]2O[C@H](COCc3ccccc3)[C@@H](OCc3ccccc3)[C@H](OCc3ccccc3)[C@H]2N=[N+]=[N-])[C@@H](COCc2ccccc2)O[C@@H](Sc2ccc(F)cc2)[C@@H]1N1C(=O)c2ccccc2C1=O. The molecule has 0 aromatic heterocycles. The van der Waals surface area contributed by atoms with Crippen LogP contribution in [0.15, 0.2) is 180 Å². The van der Waals surface area contributed by atoms with Crippen molar-refractivity contribution < 1.29 is 56.7 Å². The van der Waals surface area contributed by atoms with Crippen LogP contribution >= 0.6 is 11.8 Å². The zero-order chi connectivity index (χ0) is 50.5. The highest BCUT2D eigenvalue weighted by molar-refractivity contribution is 7.99. The number of rotatable bonds is 21. The molecule has 0 aliphatic carbocycles. The van der Waals surface area contributed by atoms with Gasteiger partial charge in [0.25, 0.3) is 11.8 Å². The molecule has 376 valence electrons. The second-order valence-corrected chi connectivity index (χ2v) is 18.7. The summed E-state index contributed by atoms with van der Waals surface area (Å²) in [5.41, 5.74) is 12.9. The fourth-order valence-electron chi connectivity index (χ4n) is 9.15. The van der Waals surface area contributed by atoms with Crippen molar-refractivity contribution in [3.05, 3.63) is 219 Å². The van der Waals surface area contributed by atoms with Crippen molar-refractivity contribution in [1.82, 2.24) is 4.90 Å². The van der Waals surface area contributed by atoms with E-state index >= 15 is 0 Å². The minimum atomic E-state index is -1.49. The first kappa shape index (κ1) is 51.2. The number of carbonyl (C=O) groups excluding carboxylic acids is 3. The van der Waals surface area contributed by atoms with Crippen molar-refractivity contribution in [2.45, 2.75) is 98.7 Å². The van der Waals surface area contributed by atoms with Crippen LogP contribution in [-0.2, 0) is 69.1 Å². The molecule has 2 saturated heterocycles. The maximum atomic E-state index is 14.6. The highest BCUT2D eigenvalue weighted by atomic mass is 32.2. The van der Waals surface area contributed by atoms with Gasteiger partial charge >= 0.3 is 5.97 Å². The third kappa shape index (κ3) is 12.7. The Kier molecular flexibility index (Phi) is 17.4. The minimum absolute atomic E-state index is 0.0470. The molecule has 6 aromatic carbocycles. The van der Waals surface area contributed by atoms with Crippen LogP contribution in [0, 0.1) is 5.82 Å². The lowest BCUT2D eigenvalue weighted by Crippen LogP contribution is -2.68. The van der Waals surface area contributed by atoms with E-state index in [1.54, 1.807) is 36.4 Å². The normalized spacial score (nSPS) is 24.7. The van der Waals surface area contributed by atoms with Gasteiger partial charge in [0.05, 0.1) is 50.8 Å². The van der Waals surface area contributed by atoms with Gasteiger partial charge in [0.1, 0.15) is 53.9 Å². The van der Waals surface area contributed by atoms with E-state index in [1.165, 1.54) is 19.1 Å². The highest BCUT2D eigenvalue weighted by Crippen LogP contribution is 2.43. The molecule has 3 heterocycles. The Labute approximate surface area is 426 Å². The van der Waals surface area contributed by atoms with E-state index in [9.17, 15) is 24.3 Å². The largest absolute Gasteiger partial charge is 0.457 e. The average Bonchev–Trinajstić information content (AvgIpc) is 3.66. The van der Waals surface area contributed by atoms with Gasteiger partial charge in [0.2, 0.25) is 0 Å². The average molecular weight is 1010 g/mol. The summed E-state index contributed by atoms with van der Waals surface area (Å²) in [4.78, 5) is 47.5. The zero-order valence-electron chi connectivity index (χ0n) is 39.7. The lowest BCUT2D eigenvalue weighted by molar-refractivity contribution is -0.322. The summed E-state index contributed by atoms with van der Waals surface area (Å²) in [7, 11) is 0. The quantitative estimate of drug-likeness (QED) is 0.0220. The van der Waals surface area contributed by atoms with Gasteiger partial charge in [-0.25, -0.2) is 4.39 Å². The van der Waals surface area contributed by atoms with Crippen molar-refractivity contribution >= 4 is 29.5 Å². The number of imide groups is 1. The lowest BCUT2D eigenvalue weighted by Gasteiger charge is -2.50. The van der Waals surface area contributed by atoms with Crippen LogP contribution in [-0.4, -0.2) is 96.3 Å². The first-order valence-electron chi connectivity index (χ1n) is 23.9. The number of fused-ring (bicyclic) bond motifs is 1. The first-order chi connectivity index (χ1) is 35.7. The molecular formula is C56H53FN4O11S. The third-order valence-electron chi connectivity index (χ3n) is 12.6. The highest BCUT2D eigenvalue weighted by Gasteiger charge is 2.58. The molecule has 2 amide bonds. The van der Waals surface area contributed by atoms with Crippen LogP contribution in [0.1, 0.15) is 49.9 Å². The van der Waals surface area contributed by atoms with Crippen LogP contribution in [0.25, 0.3) is 10.4 Å². The lowest BCUT2D eigenvalue weighted by atomic mass is 9.94. The predicted molar refractivity (Wildman–Crippen MR) is 266 cm³/mol. The molecule has 0 radical (unpaired) electrons. The maximum absolute atomic E-state index is 14.6. The molecule has 0 spiro atoms. The number of hydrogen-bond donors (Lipinski definition) is 0. The molecule has 0 N–H and O–H groups in total. The molecule has 15 nitrogen and oxygen atoms in total. The smallest absolute Gasteiger partial charge is 0.303 e. The van der Waals surface area contributed by atoms with Gasteiger partial charge in [-0.3, -0.25) is 19.3 Å². The Balaban J connectivity index is 1.13. The Morgan fingerprint density at radius 2 is 1.08 bits per heavy atom. The van der Waals surface area contributed by atoms with Gasteiger partial charge in [0.15, 0.2) is 12.4 Å². The molecule has 9 rings (SSSR count). The first-order valence-corrected chi connectivity index (χ1v) is 24.7. The van der Waals surface area contributed by atoms with Crippen molar-refractivity contribution in [2.75, 3.05) is 13.2 Å². The Morgan fingerprint density at radius 1 is 0.616 bits per heavy atom. The number of amides is 2. The topological polar surface area (TPSA) is 177 Å². The molecule has 6 aromatic rings. The van der Waals surface area contributed by atoms with Gasteiger partial charge in [0, 0.05) is 16.7 Å². The van der Waals surface area contributed by atoms with Crippen LogP contribution in [0.5, 0.6) is 0 Å². The summed E-state index contributed by atoms with van der Waals surface area (Å²) < 4.78 is 67.7. The number of benzene rings is 6. The van der Waals surface area contributed by atoms with Crippen LogP contribution in [0.3, 0.4) is 0 Å². The molecule has 73 heavy (non-hydrogen) atoms. The standard InChI is InChI=1S/C56H53FN4O11S/c1-36(62)69-52-48(61-53(63)43-24-14-15-25-44(43)54(61)64)56(73-42-28-26-41(57)27-29-42)71-46(35-66-31-38-18-8-3-9-19-38)50(52)72-55-47(59-60-58)51(68-33-40-22-12-5-13-23-40)49(67-32-39-20-10-4-11-21-39)45(70-55)34-65-30-37-16-6-2-7-17-37/h2-29,45-52,55-56H,30-35H2,1H3/t45-,46-,47-,48-,49-,50-,51-,52-,55+,56+/m1/s1. The number of nitrogens with zero attached hydrogens (tertiary/aromatic N) is 4. The zero-order valence-corrected chi connectivity index (χ0v) is 40.6. The van der Waals surface area contributed by atoms with E-state index < -0.39 is 84.0 Å². The Bertz CT molecular complexity index is 2780. The minimum Gasteiger partial charge on any atom is -0.457 e. The van der Waals surface area contributed by atoms with Gasteiger partial charge < -0.3 is 37.9 Å². The summed E-state index contributed by atoms with van der Waals surface area (Å²) in [5.74, 6) is -2.55. The molecule has 2 fully saturated rings. The number of halogens is 1. The molecule has 0 unspecified atom stereocenters. The van der Waals surface area contributed by atoms with E-state index in [0.29, 0.717) is 4.90 Å². The van der Waals surface area contributed by atoms with Crippen molar-refractivity contribution in [3.63, 3.8) is 0 Å². The summed E-state index contributed by atoms with van der Waals surface area (Å²) in [6, 6.07) is 47.4. The number of ether oxygens (including phenoxy) is 8. The van der Waals surface area contributed by atoms with Gasteiger partial charge in [-0.15, -0.1) is 0 Å². The monoisotopic (exact) mass is 1010 g/mol. The molecule has 3 aliphatic heterocycles. The van der Waals surface area contributed by atoms with Crippen LogP contribution in [0.4, 0.5) is 4.39 Å². The fourth-order valence-corrected chi connectivity index (χ4v) is 10.3. The van der Waals surface area contributed by atoms with Crippen LogP contribution < -0.4 is 0 Å². The number of esters is 1. The Hall–Kier alpha value is -6.76. The van der Waals surface area contributed by atoms with Crippen LogP contribution in [0.2, 0.25) is 0 Å². The summed E-state index contributed by atoms with van der Waals surface area (Å²) in [5, 5.41) is 4.28. The van der Waals surface area contributed by atoms with E-state index in [4.69, 9.17) is 37.9 Å². The molecular weight excluding hydrogens is 956 g/mol. The van der Waals surface area contributed by atoms with E-state index in [-0.39, 0.29) is 50.8 Å². The number of carbonyl (C=O) groups is 3. The predicted octanol–water partition coefficient (Wildman–Crippen LogP) is 9.63. The van der Waals surface area contributed by atoms with Crippen molar-refractivity contribution in [2.24, 2.45) is 5.11 Å². The molecule has 17 heteroatoms. The van der Waals surface area contributed by atoms with Gasteiger partial charge in [-0.05, 0) is 64.2 Å². The number of hydrogen-bond acceptors (Lipinski definition) is 13. The van der Waals surface area contributed by atoms with E-state index in [0.717, 1.165) is 38.9 Å². The van der Waals surface area contributed by atoms with Gasteiger partial charge in [-0.1, -0.05) is 150 Å². The summed E-state index contributed by atoms with van der Waals surface area (Å²) in [6.07, 6.45) is -8.42. The molecule has 3 aliphatic rings. The third-order valence-corrected chi connectivity index (χ3v) is 13.7. The van der Waals surface area contributed by atoms with Gasteiger partial charge in [-0.2, -0.15) is 0 Å². The second kappa shape index (κ2) is 24.8. The Morgan fingerprint density at radius 3 is 1.58 bits per heavy atom. The van der Waals surface area contributed by atoms with Crippen molar-refractivity contribution in [1.29, 1.82) is 0 Å². The molecule has 10 atom stereocenters. The van der Waals surface area contributed by atoms with E-state index in [1.807, 2.05) is 121 Å². The number of thioether (sulfide) groups is 1. The van der Waals surface area contributed by atoms with E-state index in [2.05, 4.69) is 10.0 Å². The fraction of sp³-hybridized carbons (Fsp3) is 0.304. The second-order valence-electron chi connectivity index (χ2n) is 17.6. The van der Waals surface area contributed by atoms with Crippen molar-refractivity contribution in [3.8, 4) is 0 Å². The molecule has 0 saturated carbocycles. The molecule has 0 bridgehead atoms. The summed E-state index contributed by atoms with van der Waals surface area (Å²) in [6.45, 7) is 1.54. The number of azide groups is 1. The maximum Gasteiger partial charge on any atom is 0.303 e.